The van der Waals surface area contributed by atoms with Crippen LogP contribution < -0.4 is 16.2 Å². The van der Waals surface area contributed by atoms with E-state index in [1.54, 1.807) is 6.07 Å². The minimum Gasteiger partial charge on any atom is -0.336 e. The van der Waals surface area contributed by atoms with Crippen LogP contribution in [0.2, 0.25) is 0 Å². The first-order valence-corrected chi connectivity index (χ1v) is 7.06. The zero-order chi connectivity index (χ0) is 14.8. The molecule has 1 aliphatic carbocycles. The molecule has 1 aromatic heterocycles. The molecule has 0 spiro atoms. The molecule has 1 saturated carbocycles. The number of rotatable bonds is 4. The van der Waals surface area contributed by atoms with E-state index in [1.807, 2.05) is 0 Å². The monoisotopic (exact) mass is 291 g/mol. The third-order valence-corrected chi connectivity index (χ3v) is 3.58. The van der Waals surface area contributed by atoms with Gasteiger partial charge in [0.1, 0.15) is 0 Å². The molecule has 2 N–H and O–H groups in total. The van der Waals surface area contributed by atoms with Crippen LogP contribution in [0.5, 0.6) is 0 Å². The highest BCUT2D eigenvalue weighted by Crippen LogP contribution is 2.38. The van der Waals surface area contributed by atoms with Crippen LogP contribution >= 0.6 is 0 Å². The molecule has 1 aromatic rings. The van der Waals surface area contributed by atoms with Gasteiger partial charge in [-0.25, -0.2) is 19.2 Å². The van der Waals surface area contributed by atoms with Crippen molar-refractivity contribution >= 4 is 12.1 Å². The lowest BCUT2D eigenvalue weighted by Crippen LogP contribution is -2.43. The molecule has 112 valence electrons. The maximum Gasteiger partial charge on any atom is 0.325 e. The summed E-state index contributed by atoms with van der Waals surface area (Å²) in [5.41, 5.74) is 0.743. The maximum atomic E-state index is 11.8. The molecule has 4 amide bonds. The number of hydrogen-bond donors (Lipinski definition) is 2. The minimum absolute atomic E-state index is 0.187. The highest BCUT2D eigenvalue weighted by molar-refractivity contribution is 5.94. The molecule has 8 nitrogen and oxygen atoms in total. The topological polar surface area (TPSA) is 96.3 Å². The average molecular weight is 291 g/mol. The summed E-state index contributed by atoms with van der Waals surface area (Å²) in [6.45, 7) is 1.38. The van der Waals surface area contributed by atoms with Crippen molar-refractivity contribution in [1.82, 2.24) is 25.3 Å². The van der Waals surface area contributed by atoms with E-state index in [-0.39, 0.29) is 12.1 Å². The largest absolute Gasteiger partial charge is 0.336 e. The zero-order valence-electron chi connectivity index (χ0n) is 11.5. The Bertz CT molecular complexity index is 622. The first kappa shape index (κ1) is 13.6. The molecule has 2 heterocycles. The molecule has 21 heavy (non-hydrogen) atoms. The molecular formula is C13H17N5O3. The van der Waals surface area contributed by atoms with Gasteiger partial charge in [0.25, 0.3) is 5.56 Å². The average Bonchev–Trinajstić information content (AvgIpc) is 3.22. The van der Waals surface area contributed by atoms with Crippen LogP contribution in [0.3, 0.4) is 0 Å². The van der Waals surface area contributed by atoms with Gasteiger partial charge in [-0.2, -0.15) is 5.10 Å². The minimum atomic E-state index is -0.448. The maximum absolute atomic E-state index is 11.8. The van der Waals surface area contributed by atoms with E-state index in [0.717, 1.165) is 23.4 Å². The van der Waals surface area contributed by atoms with Gasteiger partial charge in [0, 0.05) is 31.6 Å². The Balaban J connectivity index is 1.55. The van der Waals surface area contributed by atoms with Crippen LogP contribution in [0.1, 0.15) is 24.5 Å². The Morgan fingerprint density at radius 3 is 2.86 bits per heavy atom. The van der Waals surface area contributed by atoms with Crippen LogP contribution in [-0.2, 0) is 6.54 Å². The normalized spacial score (nSPS) is 17.7. The van der Waals surface area contributed by atoms with Gasteiger partial charge in [-0.1, -0.05) is 0 Å². The van der Waals surface area contributed by atoms with Crippen molar-refractivity contribution < 1.29 is 9.59 Å². The Morgan fingerprint density at radius 1 is 1.38 bits per heavy atom. The zero-order valence-corrected chi connectivity index (χ0v) is 11.5. The summed E-state index contributed by atoms with van der Waals surface area (Å²) in [4.78, 5) is 35.9. The molecular weight excluding hydrogens is 274 g/mol. The van der Waals surface area contributed by atoms with E-state index >= 15 is 0 Å². The Kier molecular flexibility index (Phi) is 3.59. The first-order chi connectivity index (χ1) is 10.1. The predicted octanol–water partition coefficient (Wildman–Crippen LogP) is -0.145. The smallest absolute Gasteiger partial charge is 0.325 e. The van der Waals surface area contributed by atoms with Crippen LogP contribution in [-0.4, -0.2) is 46.4 Å². The molecule has 2 fully saturated rings. The van der Waals surface area contributed by atoms with Crippen molar-refractivity contribution in [2.75, 3.05) is 19.6 Å². The van der Waals surface area contributed by atoms with Crippen LogP contribution in [0.4, 0.5) is 9.59 Å². The molecule has 1 aliphatic heterocycles. The van der Waals surface area contributed by atoms with Crippen molar-refractivity contribution in [2.45, 2.75) is 25.3 Å². The summed E-state index contributed by atoms with van der Waals surface area (Å²) < 4.78 is 1.36. The van der Waals surface area contributed by atoms with Gasteiger partial charge in [-0.3, -0.25) is 4.79 Å². The van der Waals surface area contributed by atoms with Crippen molar-refractivity contribution in [3.63, 3.8) is 0 Å². The van der Waals surface area contributed by atoms with Crippen LogP contribution in [0.15, 0.2) is 16.9 Å². The molecule has 0 bridgehead atoms. The van der Waals surface area contributed by atoms with Crippen molar-refractivity contribution in [3.05, 3.63) is 28.2 Å². The summed E-state index contributed by atoms with van der Waals surface area (Å²) in [6.07, 6.45) is 2.23. The van der Waals surface area contributed by atoms with E-state index in [2.05, 4.69) is 15.7 Å². The van der Waals surface area contributed by atoms with Gasteiger partial charge in [-0.15, -0.1) is 0 Å². The Labute approximate surface area is 121 Å². The number of urea groups is 2. The number of imide groups is 1. The van der Waals surface area contributed by atoms with Gasteiger partial charge in [0.05, 0.1) is 12.2 Å². The standard InChI is InChI=1S/C13H17N5O3/c19-11-4-3-10(9-1-2-9)16-18(11)8-6-15-13(21)17-7-5-14-12(17)20/h3-4,9H,1-2,5-8H2,(H,14,20)(H,15,21). The summed E-state index contributed by atoms with van der Waals surface area (Å²) in [5, 5.41) is 9.48. The number of hydrogen-bond acceptors (Lipinski definition) is 4. The quantitative estimate of drug-likeness (QED) is 0.806. The molecule has 3 rings (SSSR count). The van der Waals surface area contributed by atoms with Gasteiger partial charge >= 0.3 is 12.1 Å². The van der Waals surface area contributed by atoms with Gasteiger partial charge in [0.15, 0.2) is 0 Å². The fraction of sp³-hybridized carbons (Fsp3) is 0.538. The summed E-state index contributed by atoms with van der Waals surface area (Å²) in [7, 11) is 0. The van der Waals surface area contributed by atoms with E-state index in [1.165, 1.54) is 10.7 Å². The lowest BCUT2D eigenvalue weighted by Gasteiger charge is -2.13. The van der Waals surface area contributed by atoms with Gasteiger partial charge in [-0.05, 0) is 18.9 Å². The van der Waals surface area contributed by atoms with E-state index in [0.29, 0.717) is 25.6 Å². The number of amides is 4. The molecule has 0 unspecified atom stereocenters. The van der Waals surface area contributed by atoms with Crippen LogP contribution in [0, 0.1) is 0 Å². The highest BCUT2D eigenvalue weighted by Gasteiger charge is 2.26. The Hall–Kier alpha value is -2.38. The van der Waals surface area contributed by atoms with E-state index in [4.69, 9.17) is 0 Å². The lowest BCUT2D eigenvalue weighted by molar-refractivity contribution is 0.198. The SMILES string of the molecule is O=C1NCCN1C(=O)NCCn1nc(C2CC2)ccc1=O. The summed E-state index contributed by atoms with van der Waals surface area (Å²) in [6, 6.07) is 2.44. The third-order valence-electron chi connectivity index (χ3n) is 3.58. The van der Waals surface area contributed by atoms with E-state index < -0.39 is 12.1 Å². The number of carbonyl (C=O) groups excluding carboxylic acids is 2. The summed E-state index contributed by atoms with van der Waals surface area (Å²) >= 11 is 0. The van der Waals surface area contributed by atoms with Crippen molar-refractivity contribution in [2.24, 2.45) is 0 Å². The lowest BCUT2D eigenvalue weighted by atomic mass is 10.3. The Morgan fingerprint density at radius 2 is 2.19 bits per heavy atom. The molecule has 0 radical (unpaired) electrons. The number of nitrogens with one attached hydrogen (secondary N) is 2. The van der Waals surface area contributed by atoms with Crippen molar-refractivity contribution in [3.8, 4) is 0 Å². The molecule has 0 aromatic carbocycles. The number of nitrogens with zero attached hydrogens (tertiary/aromatic N) is 3. The molecule has 1 saturated heterocycles. The second-order valence-corrected chi connectivity index (χ2v) is 5.21. The fourth-order valence-corrected chi connectivity index (χ4v) is 2.25. The van der Waals surface area contributed by atoms with Crippen LogP contribution in [0.25, 0.3) is 0 Å². The first-order valence-electron chi connectivity index (χ1n) is 7.06. The second-order valence-electron chi connectivity index (χ2n) is 5.21. The summed E-state index contributed by atoms with van der Waals surface area (Å²) in [5.74, 6) is 0.472. The third kappa shape index (κ3) is 3.04. The predicted molar refractivity (Wildman–Crippen MR) is 74.0 cm³/mol. The second kappa shape index (κ2) is 5.55. The number of carbonyl (C=O) groups is 2. The fourth-order valence-electron chi connectivity index (χ4n) is 2.25. The molecule has 2 aliphatic rings. The van der Waals surface area contributed by atoms with Crippen molar-refractivity contribution in [1.29, 1.82) is 0 Å². The van der Waals surface area contributed by atoms with Gasteiger partial charge in [0.2, 0.25) is 0 Å². The highest BCUT2D eigenvalue weighted by atomic mass is 16.2. The molecule has 0 atom stereocenters. The van der Waals surface area contributed by atoms with Gasteiger partial charge < -0.3 is 10.6 Å². The van der Waals surface area contributed by atoms with E-state index in [9.17, 15) is 14.4 Å². The molecule has 8 heteroatoms. The number of aromatic nitrogens is 2.